The number of hydrogen-bond donors (Lipinski definition) is 0. The minimum absolute atomic E-state index is 0.373. The van der Waals surface area contributed by atoms with E-state index in [0.29, 0.717) is 22.9 Å². The lowest BCUT2D eigenvalue weighted by molar-refractivity contribution is 0.545. The van der Waals surface area contributed by atoms with E-state index in [9.17, 15) is 8.42 Å². The molecule has 0 aromatic carbocycles. The minimum Gasteiger partial charge on any atom is -0.264 e. The highest BCUT2D eigenvalue weighted by Crippen LogP contribution is 2.47. The number of rotatable bonds is 3. The topological polar surface area (TPSA) is 52.0 Å². The molecule has 2 aromatic heterocycles. The summed E-state index contributed by atoms with van der Waals surface area (Å²) in [6, 6.07) is 3.48. The molecule has 0 spiro atoms. The third-order valence-electron chi connectivity index (χ3n) is 4.88. The van der Waals surface area contributed by atoms with Crippen LogP contribution in [-0.4, -0.2) is 22.1 Å². The number of aromatic nitrogens is 2. The van der Waals surface area contributed by atoms with Gasteiger partial charge < -0.3 is 0 Å². The zero-order valence-electron chi connectivity index (χ0n) is 12.7. The van der Waals surface area contributed by atoms with Crippen molar-refractivity contribution in [1.82, 2.24) is 8.96 Å². The van der Waals surface area contributed by atoms with Crippen LogP contribution >= 0.6 is 11.6 Å². The van der Waals surface area contributed by atoms with E-state index in [1.807, 2.05) is 6.08 Å². The van der Waals surface area contributed by atoms with Gasteiger partial charge in [-0.05, 0) is 50.3 Å². The van der Waals surface area contributed by atoms with Gasteiger partial charge in [0.2, 0.25) is 10.0 Å². The van der Waals surface area contributed by atoms with Gasteiger partial charge in [0.1, 0.15) is 4.75 Å². The molecular formula is C17H17ClN2O2S. The molecule has 4 rings (SSSR count). The van der Waals surface area contributed by atoms with Crippen molar-refractivity contribution in [1.29, 1.82) is 0 Å². The van der Waals surface area contributed by atoms with Crippen LogP contribution in [0.4, 0.5) is 0 Å². The van der Waals surface area contributed by atoms with Gasteiger partial charge in [-0.25, -0.2) is 12.4 Å². The minimum atomic E-state index is -3.68. The Labute approximate surface area is 140 Å². The van der Waals surface area contributed by atoms with Crippen molar-refractivity contribution in [3.05, 3.63) is 53.5 Å². The van der Waals surface area contributed by atoms with E-state index < -0.39 is 14.8 Å². The first-order valence-corrected chi connectivity index (χ1v) is 9.48. The molecule has 0 saturated heterocycles. The molecule has 23 heavy (non-hydrogen) atoms. The number of halogens is 1. The van der Waals surface area contributed by atoms with Gasteiger partial charge in [0, 0.05) is 29.0 Å². The summed E-state index contributed by atoms with van der Waals surface area (Å²) in [6.45, 7) is 1.73. The maximum atomic E-state index is 13.4. The number of allylic oxidation sites excluding steroid dienone is 3. The molecular weight excluding hydrogens is 332 g/mol. The second-order valence-electron chi connectivity index (χ2n) is 6.49. The second-order valence-corrected chi connectivity index (χ2v) is 9.14. The molecule has 0 amide bonds. The van der Waals surface area contributed by atoms with Gasteiger partial charge in [-0.1, -0.05) is 23.3 Å². The summed E-state index contributed by atoms with van der Waals surface area (Å²) in [5.74, 6) is 0.524. The summed E-state index contributed by atoms with van der Waals surface area (Å²) in [4.78, 5) is 4.04. The van der Waals surface area contributed by atoms with E-state index in [0.717, 1.165) is 18.2 Å². The van der Waals surface area contributed by atoms with Gasteiger partial charge in [-0.15, -0.1) is 0 Å². The van der Waals surface area contributed by atoms with Crippen molar-refractivity contribution < 1.29 is 8.42 Å². The van der Waals surface area contributed by atoms with E-state index in [-0.39, 0.29) is 0 Å². The maximum absolute atomic E-state index is 13.4. The fourth-order valence-corrected chi connectivity index (χ4v) is 5.39. The molecule has 0 N–H and O–H groups in total. The summed E-state index contributed by atoms with van der Waals surface area (Å²) in [6.07, 6.45) is 11.4. The molecule has 1 unspecified atom stereocenters. The molecule has 2 heterocycles. The summed E-state index contributed by atoms with van der Waals surface area (Å²) < 4.78 is 27.0. The SMILES string of the molecule is CC1(S(=O)(=O)n2ccc3cnccc32)CC(C2CC2)=CC=C1Cl. The zero-order valence-corrected chi connectivity index (χ0v) is 14.3. The normalized spacial score (nSPS) is 25.3. The van der Waals surface area contributed by atoms with Crippen LogP contribution in [0.3, 0.4) is 0 Å². The molecule has 0 radical (unpaired) electrons. The Balaban J connectivity index is 1.84. The van der Waals surface area contributed by atoms with Crippen LogP contribution < -0.4 is 0 Å². The van der Waals surface area contributed by atoms with Crippen LogP contribution in [0.15, 0.2) is 53.5 Å². The highest BCUT2D eigenvalue weighted by Gasteiger charge is 2.47. The average Bonchev–Trinajstić information content (AvgIpc) is 3.28. The third-order valence-corrected chi connectivity index (χ3v) is 7.87. The maximum Gasteiger partial charge on any atom is 0.249 e. The quantitative estimate of drug-likeness (QED) is 0.846. The lowest BCUT2D eigenvalue weighted by Gasteiger charge is -2.33. The Morgan fingerprint density at radius 2 is 2.09 bits per heavy atom. The molecule has 6 heteroatoms. The van der Waals surface area contributed by atoms with Gasteiger partial charge in [0.25, 0.3) is 0 Å². The fraction of sp³-hybridized carbons (Fsp3) is 0.353. The molecule has 120 valence electrons. The predicted molar refractivity (Wildman–Crippen MR) is 91.8 cm³/mol. The molecule has 1 atom stereocenters. The smallest absolute Gasteiger partial charge is 0.249 e. The Bertz CT molecular complexity index is 954. The van der Waals surface area contributed by atoms with Crippen molar-refractivity contribution in [2.24, 2.45) is 5.92 Å². The summed E-state index contributed by atoms with van der Waals surface area (Å²) in [5.41, 5.74) is 1.83. The highest BCUT2D eigenvalue weighted by atomic mass is 35.5. The predicted octanol–water partition coefficient (Wildman–Crippen LogP) is 3.84. The van der Waals surface area contributed by atoms with Crippen molar-refractivity contribution in [3.8, 4) is 0 Å². The van der Waals surface area contributed by atoms with E-state index in [1.165, 1.54) is 9.55 Å². The van der Waals surface area contributed by atoms with Crippen LogP contribution in [0.25, 0.3) is 10.9 Å². The lowest BCUT2D eigenvalue weighted by atomic mass is 9.92. The Kier molecular flexibility index (Phi) is 3.22. The standard InChI is InChI=1S/C17H17ClN2O2S/c1-17(10-13(12-2-3-12)4-5-16(17)18)23(21,22)20-9-7-14-11-19-8-6-15(14)20/h4-9,11-12H,2-3,10H2,1H3. The number of nitrogens with zero attached hydrogens (tertiary/aromatic N) is 2. The zero-order chi connectivity index (χ0) is 16.2. The summed E-state index contributed by atoms with van der Waals surface area (Å²) >= 11 is 6.38. The van der Waals surface area contributed by atoms with Gasteiger partial charge in [-0.2, -0.15) is 0 Å². The monoisotopic (exact) mass is 348 g/mol. The number of fused-ring (bicyclic) bond motifs is 1. The third kappa shape index (κ3) is 2.17. The van der Waals surface area contributed by atoms with E-state index in [4.69, 9.17) is 11.6 Å². The molecule has 0 bridgehead atoms. The molecule has 4 nitrogen and oxygen atoms in total. The molecule has 2 aliphatic carbocycles. The lowest BCUT2D eigenvalue weighted by Crippen LogP contribution is -2.41. The van der Waals surface area contributed by atoms with Crippen molar-refractivity contribution in [2.45, 2.75) is 30.9 Å². The van der Waals surface area contributed by atoms with Gasteiger partial charge in [0.05, 0.1) is 5.52 Å². The van der Waals surface area contributed by atoms with Crippen LogP contribution in [0.5, 0.6) is 0 Å². The second kappa shape index (κ2) is 4.95. The Hall–Kier alpha value is -1.59. The first-order valence-electron chi connectivity index (χ1n) is 7.66. The highest BCUT2D eigenvalue weighted by molar-refractivity contribution is 7.91. The van der Waals surface area contributed by atoms with Gasteiger partial charge in [0.15, 0.2) is 0 Å². The molecule has 2 aromatic rings. The Morgan fingerprint density at radius 1 is 1.30 bits per heavy atom. The number of hydrogen-bond acceptors (Lipinski definition) is 3. The van der Waals surface area contributed by atoms with Crippen molar-refractivity contribution in [2.75, 3.05) is 0 Å². The van der Waals surface area contributed by atoms with Gasteiger partial charge in [-0.3, -0.25) is 4.98 Å². The van der Waals surface area contributed by atoms with Crippen LogP contribution in [0, 0.1) is 5.92 Å². The van der Waals surface area contributed by atoms with Crippen molar-refractivity contribution >= 4 is 32.5 Å². The molecule has 0 aliphatic heterocycles. The van der Waals surface area contributed by atoms with E-state index in [1.54, 1.807) is 43.7 Å². The molecule has 2 aliphatic rings. The molecule has 1 fully saturated rings. The van der Waals surface area contributed by atoms with Crippen LogP contribution in [-0.2, 0) is 10.0 Å². The van der Waals surface area contributed by atoms with E-state index in [2.05, 4.69) is 4.98 Å². The number of pyridine rings is 1. The van der Waals surface area contributed by atoms with Crippen LogP contribution in [0.1, 0.15) is 26.2 Å². The summed E-state index contributed by atoms with van der Waals surface area (Å²) in [5, 5.41) is 1.17. The summed E-state index contributed by atoms with van der Waals surface area (Å²) in [7, 11) is -3.68. The molecule has 1 saturated carbocycles. The van der Waals surface area contributed by atoms with Crippen LogP contribution in [0.2, 0.25) is 0 Å². The van der Waals surface area contributed by atoms with E-state index >= 15 is 0 Å². The Morgan fingerprint density at radius 3 is 2.83 bits per heavy atom. The van der Waals surface area contributed by atoms with Crippen molar-refractivity contribution in [3.63, 3.8) is 0 Å². The first kappa shape index (κ1) is 15.0. The van der Waals surface area contributed by atoms with Gasteiger partial charge >= 0.3 is 0 Å². The largest absolute Gasteiger partial charge is 0.264 e. The first-order chi connectivity index (χ1) is 10.9. The average molecular weight is 349 g/mol. The fourth-order valence-electron chi connectivity index (χ4n) is 3.22.